The molecule has 2 atom stereocenters. The lowest BCUT2D eigenvalue weighted by Crippen LogP contribution is -2.29. The van der Waals surface area contributed by atoms with E-state index in [0.29, 0.717) is 11.8 Å². The molecule has 0 aromatic carbocycles. The molecule has 1 aliphatic rings. The van der Waals surface area contributed by atoms with Gasteiger partial charge in [-0.25, -0.2) is 0 Å². The van der Waals surface area contributed by atoms with E-state index >= 15 is 0 Å². The van der Waals surface area contributed by atoms with E-state index in [1.54, 1.807) is 7.11 Å². The van der Waals surface area contributed by atoms with Crippen molar-refractivity contribution in [1.29, 1.82) is 0 Å². The quantitative estimate of drug-likeness (QED) is 0.387. The first-order chi connectivity index (χ1) is 10.3. The number of hydrogen-bond donors (Lipinski definition) is 0. The fraction of sp³-hybridized carbons (Fsp3) is 0.579. The van der Waals surface area contributed by atoms with Gasteiger partial charge in [0, 0.05) is 28.5 Å². The highest BCUT2D eigenvalue weighted by Gasteiger charge is 2.49. The Hall–Kier alpha value is -0.800. The minimum atomic E-state index is 0.00319. The van der Waals surface area contributed by atoms with E-state index in [9.17, 15) is 0 Å². The Morgan fingerprint density at radius 1 is 1.45 bits per heavy atom. The van der Waals surface area contributed by atoms with Crippen molar-refractivity contribution in [1.82, 2.24) is 0 Å². The third kappa shape index (κ3) is 3.94. The Bertz CT molecular complexity index is 488. The molecule has 0 aromatic rings. The second kappa shape index (κ2) is 8.16. The van der Waals surface area contributed by atoms with Crippen molar-refractivity contribution >= 4 is 15.9 Å². The van der Waals surface area contributed by atoms with Crippen molar-refractivity contribution < 1.29 is 9.47 Å². The van der Waals surface area contributed by atoms with Gasteiger partial charge in [-0.2, -0.15) is 0 Å². The third-order valence-corrected chi connectivity index (χ3v) is 5.23. The standard InChI is InChI=1S/C19H29BrO2/c1-8-9-15-18(22-12-21-7)17(20)16(14(4)5)19(15,6)11-10-13(2)3/h8-9,14,16H,1-2,10-12H2,3-7H3/b15-9-/t16-,19-/m0/s1. The Balaban J connectivity index is 3.30. The molecule has 0 fully saturated rings. The van der Waals surface area contributed by atoms with Crippen LogP contribution in [0.15, 0.2) is 46.7 Å². The van der Waals surface area contributed by atoms with E-state index in [4.69, 9.17) is 9.47 Å². The number of rotatable bonds is 8. The van der Waals surface area contributed by atoms with E-state index in [1.165, 1.54) is 11.1 Å². The average Bonchev–Trinajstić information content (AvgIpc) is 2.64. The average molecular weight is 369 g/mol. The van der Waals surface area contributed by atoms with Crippen molar-refractivity contribution in [2.45, 2.75) is 40.5 Å². The van der Waals surface area contributed by atoms with Crippen LogP contribution in [0.2, 0.25) is 0 Å². The second-order valence-corrected chi connectivity index (χ2v) is 7.49. The first-order valence-electron chi connectivity index (χ1n) is 7.79. The molecule has 0 aromatic heterocycles. The Labute approximate surface area is 144 Å². The van der Waals surface area contributed by atoms with Crippen LogP contribution in [0.3, 0.4) is 0 Å². The van der Waals surface area contributed by atoms with Gasteiger partial charge in [0.15, 0.2) is 6.79 Å². The zero-order valence-corrected chi connectivity index (χ0v) is 16.1. The summed E-state index contributed by atoms with van der Waals surface area (Å²) in [4.78, 5) is 0. The number of hydrogen-bond acceptors (Lipinski definition) is 2. The lowest BCUT2D eigenvalue weighted by Gasteiger charge is -2.36. The van der Waals surface area contributed by atoms with Crippen LogP contribution in [-0.4, -0.2) is 13.9 Å². The molecule has 2 nitrogen and oxygen atoms in total. The van der Waals surface area contributed by atoms with Gasteiger partial charge < -0.3 is 9.47 Å². The van der Waals surface area contributed by atoms with Gasteiger partial charge >= 0.3 is 0 Å². The van der Waals surface area contributed by atoms with Crippen molar-refractivity contribution in [2.24, 2.45) is 17.3 Å². The van der Waals surface area contributed by atoms with E-state index in [0.717, 1.165) is 23.1 Å². The summed E-state index contributed by atoms with van der Waals surface area (Å²) in [6.07, 6.45) is 5.96. The van der Waals surface area contributed by atoms with Gasteiger partial charge in [0.25, 0.3) is 0 Å². The molecule has 0 spiro atoms. The topological polar surface area (TPSA) is 18.5 Å². The van der Waals surface area contributed by atoms with Gasteiger partial charge in [-0.3, -0.25) is 0 Å². The zero-order valence-electron chi connectivity index (χ0n) is 14.5. The smallest absolute Gasteiger partial charge is 0.188 e. The molecule has 1 aliphatic carbocycles. The van der Waals surface area contributed by atoms with E-state index in [-0.39, 0.29) is 12.2 Å². The number of halogens is 1. The van der Waals surface area contributed by atoms with Crippen molar-refractivity contribution in [3.05, 3.63) is 46.7 Å². The van der Waals surface area contributed by atoms with Crippen molar-refractivity contribution in [3.8, 4) is 0 Å². The van der Waals surface area contributed by atoms with Gasteiger partial charge in [0.05, 0.1) is 0 Å². The summed E-state index contributed by atoms with van der Waals surface area (Å²) in [5.41, 5.74) is 2.42. The maximum absolute atomic E-state index is 5.88. The predicted octanol–water partition coefficient (Wildman–Crippen LogP) is 5.97. The predicted molar refractivity (Wildman–Crippen MR) is 97.7 cm³/mol. The summed E-state index contributed by atoms with van der Waals surface area (Å²) in [5, 5.41) is 0. The molecule has 0 heterocycles. The SMILES string of the molecule is C=C/C=C1/C(OCOC)=C(Br)[C@H](C(C)C)[C@@]1(C)CCC(=C)C. The van der Waals surface area contributed by atoms with Crippen LogP contribution in [0.5, 0.6) is 0 Å². The molecule has 0 N–H and O–H groups in total. The summed E-state index contributed by atoms with van der Waals surface area (Å²) in [5.74, 6) is 1.79. The highest BCUT2D eigenvalue weighted by atomic mass is 79.9. The van der Waals surface area contributed by atoms with Crippen molar-refractivity contribution in [3.63, 3.8) is 0 Å². The number of ether oxygens (including phenoxy) is 2. The van der Waals surface area contributed by atoms with Crippen molar-refractivity contribution in [2.75, 3.05) is 13.9 Å². The monoisotopic (exact) mass is 368 g/mol. The molecule has 3 heteroatoms. The molecule has 0 aliphatic heterocycles. The summed E-state index contributed by atoms with van der Waals surface area (Å²) in [6.45, 7) is 17.1. The van der Waals surface area contributed by atoms with E-state index in [2.05, 4.69) is 62.9 Å². The van der Waals surface area contributed by atoms with Gasteiger partial charge in [0.2, 0.25) is 0 Å². The minimum Gasteiger partial charge on any atom is -0.466 e. The number of allylic oxidation sites excluding steroid dienone is 5. The Kier molecular flexibility index (Phi) is 7.14. The lowest BCUT2D eigenvalue weighted by molar-refractivity contribution is 0.00769. The summed E-state index contributed by atoms with van der Waals surface area (Å²) in [6, 6.07) is 0. The Morgan fingerprint density at radius 3 is 2.55 bits per heavy atom. The molecule has 0 radical (unpaired) electrons. The molecule has 0 unspecified atom stereocenters. The molecule has 1 rings (SSSR count). The highest BCUT2D eigenvalue weighted by molar-refractivity contribution is 9.11. The fourth-order valence-corrected chi connectivity index (χ4v) is 4.78. The van der Waals surface area contributed by atoms with Crippen LogP contribution < -0.4 is 0 Å². The molecule has 0 amide bonds. The maximum atomic E-state index is 5.88. The molecular weight excluding hydrogens is 340 g/mol. The van der Waals surface area contributed by atoms with Gasteiger partial charge in [-0.05, 0) is 25.7 Å². The third-order valence-electron chi connectivity index (χ3n) is 4.38. The summed E-state index contributed by atoms with van der Waals surface area (Å²) < 4.78 is 12.1. The van der Waals surface area contributed by atoms with Gasteiger partial charge in [-0.1, -0.05) is 61.0 Å². The summed E-state index contributed by atoms with van der Waals surface area (Å²) in [7, 11) is 1.64. The second-order valence-electron chi connectivity index (χ2n) is 6.64. The first kappa shape index (κ1) is 19.2. The molecule has 0 saturated carbocycles. The van der Waals surface area contributed by atoms with Crippen LogP contribution >= 0.6 is 15.9 Å². The highest BCUT2D eigenvalue weighted by Crippen LogP contribution is 2.58. The zero-order chi connectivity index (χ0) is 16.9. The maximum Gasteiger partial charge on any atom is 0.188 e. The van der Waals surface area contributed by atoms with E-state index in [1.807, 2.05) is 6.08 Å². The first-order valence-corrected chi connectivity index (χ1v) is 8.58. The lowest BCUT2D eigenvalue weighted by atomic mass is 9.68. The fourth-order valence-electron chi connectivity index (χ4n) is 3.42. The summed E-state index contributed by atoms with van der Waals surface area (Å²) >= 11 is 3.80. The van der Waals surface area contributed by atoms with Crippen LogP contribution in [0, 0.1) is 17.3 Å². The number of methoxy groups -OCH3 is 1. The molecule has 0 saturated heterocycles. The largest absolute Gasteiger partial charge is 0.466 e. The van der Waals surface area contributed by atoms with Crippen LogP contribution in [-0.2, 0) is 9.47 Å². The normalized spacial score (nSPS) is 26.9. The van der Waals surface area contributed by atoms with Crippen LogP contribution in [0.25, 0.3) is 0 Å². The molecule has 124 valence electrons. The minimum absolute atomic E-state index is 0.00319. The molecule has 0 bridgehead atoms. The Morgan fingerprint density at radius 2 is 2.09 bits per heavy atom. The van der Waals surface area contributed by atoms with E-state index < -0.39 is 0 Å². The molecule has 22 heavy (non-hydrogen) atoms. The molecular formula is C19H29BrO2. The van der Waals surface area contributed by atoms with Gasteiger partial charge in [-0.15, -0.1) is 6.58 Å². The van der Waals surface area contributed by atoms with Crippen LogP contribution in [0.1, 0.15) is 40.5 Å². The van der Waals surface area contributed by atoms with Gasteiger partial charge in [0.1, 0.15) is 5.76 Å². The van der Waals surface area contributed by atoms with Crippen LogP contribution in [0.4, 0.5) is 0 Å².